The lowest BCUT2D eigenvalue weighted by molar-refractivity contribution is 0.497. The van der Waals surface area contributed by atoms with Gasteiger partial charge in [0.1, 0.15) is 0 Å². The van der Waals surface area contributed by atoms with Crippen LogP contribution < -0.4 is 10.6 Å². The third kappa shape index (κ3) is 23.6. The Labute approximate surface area is 104 Å². The van der Waals surface area contributed by atoms with Gasteiger partial charge in [0.15, 0.2) is 0 Å². The minimum Gasteiger partial charge on any atom is -0.316 e. The number of rotatable bonds is 6. The van der Waals surface area contributed by atoms with Gasteiger partial charge in [-0.15, -0.1) is 0 Å². The molecule has 2 nitrogen and oxygen atoms in total. The van der Waals surface area contributed by atoms with Gasteiger partial charge in [-0.3, -0.25) is 0 Å². The zero-order chi connectivity index (χ0) is 13.1. The molecule has 16 heavy (non-hydrogen) atoms. The second-order valence-electron chi connectivity index (χ2n) is 5.92. The average Bonchev–Trinajstić information content (AvgIpc) is 2.00. The molecule has 0 rings (SSSR count). The summed E-state index contributed by atoms with van der Waals surface area (Å²) in [6, 6.07) is 1.25. The van der Waals surface area contributed by atoms with Crippen molar-refractivity contribution in [3.8, 4) is 0 Å². The van der Waals surface area contributed by atoms with Crippen molar-refractivity contribution in [1.82, 2.24) is 10.6 Å². The molecule has 0 aromatic carbocycles. The molecule has 0 bridgehead atoms. The Morgan fingerprint density at radius 3 is 1.06 bits per heavy atom. The Morgan fingerprint density at radius 2 is 0.938 bits per heavy atom. The first-order chi connectivity index (χ1) is 7.25. The van der Waals surface area contributed by atoms with Crippen LogP contribution in [0.2, 0.25) is 0 Å². The summed E-state index contributed by atoms with van der Waals surface area (Å²) < 4.78 is 0. The average molecular weight is 230 g/mol. The molecule has 0 atom stereocenters. The number of nitrogens with one attached hydrogen (secondary N) is 2. The highest BCUT2D eigenvalue weighted by molar-refractivity contribution is 4.55. The van der Waals surface area contributed by atoms with Crippen molar-refractivity contribution in [2.24, 2.45) is 11.8 Å². The van der Waals surface area contributed by atoms with Crippen molar-refractivity contribution in [1.29, 1.82) is 0 Å². The largest absolute Gasteiger partial charge is 0.316 e. The van der Waals surface area contributed by atoms with Crippen LogP contribution >= 0.6 is 0 Å². The fourth-order valence-electron chi connectivity index (χ4n) is 1.33. The molecule has 100 valence electrons. The molecule has 0 aromatic rings. The summed E-state index contributed by atoms with van der Waals surface area (Å²) >= 11 is 0. The molecule has 0 unspecified atom stereocenters. The zero-order valence-electron chi connectivity index (χ0n) is 12.7. The van der Waals surface area contributed by atoms with Crippen LogP contribution in [0.15, 0.2) is 0 Å². The molecule has 0 saturated carbocycles. The van der Waals surface area contributed by atoms with E-state index < -0.39 is 0 Å². The van der Waals surface area contributed by atoms with Gasteiger partial charge < -0.3 is 10.6 Å². The fraction of sp³-hybridized carbons (Fsp3) is 1.00. The van der Waals surface area contributed by atoms with Crippen LogP contribution in [-0.2, 0) is 0 Å². The van der Waals surface area contributed by atoms with E-state index in [0.29, 0.717) is 12.1 Å². The maximum Gasteiger partial charge on any atom is 0.00127 e. The molecule has 0 spiro atoms. The standard InChI is InChI=1S/C8H19N.C6H15N/c1-7(2)5-9-6-8(3)4;1-5(2)7-6(3)4/h7-9H,5-6H2,1-4H3;5-7H,1-4H3. The summed E-state index contributed by atoms with van der Waals surface area (Å²) in [7, 11) is 0. The highest BCUT2D eigenvalue weighted by Gasteiger charge is 1.94. The molecule has 0 fully saturated rings. The molecule has 0 aliphatic carbocycles. The molecule has 0 amide bonds. The van der Waals surface area contributed by atoms with Crippen molar-refractivity contribution >= 4 is 0 Å². The van der Waals surface area contributed by atoms with E-state index in [1.165, 1.54) is 0 Å². The lowest BCUT2D eigenvalue weighted by atomic mass is 10.2. The lowest BCUT2D eigenvalue weighted by Crippen LogP contribution is -2.29. The van der Waals surface area contributed by atoms with E-state index in [-0.39, 0.29) is 0 Å². The second-order valence-corrected chi connectivity index (χ2v) is 5.92. The number of hydrogen-bond donors (Lipinski definition) is 2. The Hall–Kier alpha value is -0.0800. The smallest absolute Gasteiger partial charge is 0.00127 e. The molecule has 2 N–H and O–H groups in total. The Morgan fingerprint density at radius 1 is 0.625 bits per heavy atom. The van der Waals surface area contributed by atoms with Gasteiger partial charge in [0.25, 0.3) is 0 Å². The summed E-state index contributed by atoms with van der Waals surface area (Å²) in [6.45, 7) is 19.8. The summed E-state index contributed by atoms with van der Waals surface area (Å²) in [5, 5.41) is 6.69. The molecular weight excluding hydrogens is 196 g/mol. The second kappa shape index (κ2) is 11.4. The molecule has 0 heterocycles. The van der Waals surface area contributed by atoms with Gasteiger partial charge in [-0.1, -0.05) is 55.4 Å². The first-order valence-electron chi connectivity index (χ1n) is 6.72. The van der Waals surface area contributed by atoms with Crippen LogP contribution in [0.4, 0.5) is 0 Å². The van der Waals surface area contributed by atoms with E-state index in [0.717, 1.165) is 24.9 Å². The maximum absolute atomic E-state index is 3.38. The lowest BCUT2D eigenvalue weighted by Gasteiger charge is -2.10. The van der Waals surface area contributed by atoms with Crippen molar-refractivity contribution in [2.75, 3.05) is 13.1 Å². The van der Waals surface area contributed by atoms with E-state index in [4.69, 9.17) is 0 Å². The minimum atomic E-state index is 0.625. The first kappa shape index (κ1) is 18.3. The normalized spacial score (nSPS) is 11.2. The summed E-state index contributed by atoms with van der Waals surface area (Å²) in [6.07, 6.45) is 0. The molecular formula is C14H34N2. The fourth-order valence-corrected chi connectivity index (χ4v) is 1.33. The predicted molar refractivity (Wildman–Crippen MR) is 76.0 cm³/mol. The van der Waals surface area contributed by atoms with Gasteiger partial charge in [-0.05, 0) is 24.9 Å². The summed E-state index contributed by atoms with van der Waals surface area (Å²) in [5.41, 5.74) is 0. The molecule has 0 saturated heterocycles. The first-order valence-corrected chi connectivity index (χ1v) is 6.72. The number of hydrogen-bond acceptors (Lipinski definition) is 2. The van der Waals surface area contributed by atoms with Crippen molar-refractivity contribution in [3.05, 3.63) is 0 Å². The van der Waals surface area contributed by atoms with Crippen LogP contribution in [0, 0.1) is 11.8 Å². The van der Waals surface area contributed by atoms with Gasteiger partial charge >= 0.3 is 0 Å². The van der Waals surface area contributed by atoms with E-state index >= 15 is 0 Å². The quantitative estimate of drug-likeness (QED) is 0.732. The van der Waals surface area contributed by atoms with E-state index in [1.54, 1.807) is 0 Å². The molecule has 0 aromatic heterocycles. The third-order valence-electron chi connectivity index (χ3n) is 1.77. The Balaban J connectivity index is 0. The van der Waals surface area contributed by atoms with Gasteiger partial charge in [-0.25, -0.2) is 0 Å². The molecule has 0 aliphatic heterocycles. The van der Waals surface area contributed by atoms with Gasteiger partial charge in [0, 0.05) is 12.1 Å². The zero-order valence-corrected chi connectivity index (χ0v) is 12.7. The van der Waals surface area contributed by atoms with Gasteiger partial charge in [0.05, 0.1) is 0 Å². The van der Waals surface area contributed by atoms with Crippen LogP contribution in [0.25, 0.3) is 0 Å². The third-order valence-corrected chi connectivity index (χ3v) is 1.77. The van der Waals surface area contributed by atoms with E-state index in [2.05, 4.69) is 66.0 Å². The van der Waals surface area contributed by atoms with E-state index in [9.17, 15) is 0 Å². The van der Waals surface area contributed by atoms with Crippen molar-refractivity contribution in [2.45, 2.75) is 67.5 Å². The topological polar surface area (TPSA) is 24.1 Å². The predicted octanol–water partition coefficient (Wildman–Crippen LogP) is 3.28. The van der Waals surface area contributed by atoms with Crippen LogP contribution in [0.1, 0.15) is 55.4 Å². The Kier molecular flexibility index (Phi) is 13.0. The highest BCUT2D eigenvalue weighted by atomic mass is 14.9. The maximum atomic E-state index is 3.38. The summed E-state index contributed by atoms with van der Waals surface area (Å²) in [5.74, 6) is 1.56. The van der Waals surface area contributed by atoms with Crippen LogP contribution in [-0.4, -0.2) is 25.2 Å². The summed E-state index contributed by atoms with van der Waals surface area (Å²) in [4.78, 5) is 0. The van der Waals surface area contributed by atoms with Gasteiger partial charge in [0.2, 0.25) is 0 Å². The van der Waals surface area contributed by atoms with Gasteiger partial charge in [-0.2, -0.15) is 0 Å². The minimum absolute atomic E-state index is 0.625. The van der Waals surface area contributed by atoms with Crippen LogP contribution in [0.5, 0.6) is 0 Å². The van der Waals surface area contributed by atoms with E-state index in [1.807, 2.05) is 0 Å². The van der Waals surface area contributed by atoms with Crippen molar-refractivity contribution < 1.29 is 0 Å². The monoisotopic (exact) mass is 230 g/mol. The Bertz CT molecular complexity index is 115. The SMILES string of the molecule is CC(C)CNCC(C)C.CC(C)NC(C)C. The van der Waals surface area contributed by atoms with Crippen LogP contribution in [0.3, 0.4) is 0 Å². The van der Waals surface area contributed by atoms with Crippen molar-refractivity contribution in [3.63, 3.8) is 0 Å². The highest BCUT2D eigenvalue weighted by Crippen LogP contribution is 1.90. The molecule has 2 heteroatoms. The molecule has 0 aliphatic rings. The molecule has 0 radical (unpaired) electrons.